The number of para-hydroxylation sites is 2. The number of imidazole rings is 1. The second kappa shape index (κ2) is 22.1. The van der Waals surface area contributed by atoms with Crippen LogP contribution in [0.25, 0.3) is 11.0 Å². The van der Waals surface area contributed by atoms with Crippen LogP contribution in [0.5, 0.6) is 0 Å². The van der Waals surface area contributed by atoms with Crippen LogP contribution in [0.4, 0.5) is 5.95 Å². The molecule has 0 amide bonds. The van der Waals surface area contributed by atoms with Crippen LogP contribution < -0.4 is 27.4 Å². The lowest BCUT2D eigenvalue weighted by molar-refractivity contribution is 0.260. The lowest BCUT2D eigenvalue weighted by Crippen LogP contribution is -2.36. The fraction of sp³-hybridized carbons (Fsp3) is 0.462. The zero-order valence-corrected chi connectivity index (χ0v) is 26.7. The van der Waals surface area contributed by atoms with Crippen molar-refractivity contribution in [2.24, 2.45) is 16.5 Å². The van der Waals surface area contributed by atoms with Crippen LogP contribution in [-0.2, 0) is 13.1 Å². The molecule has 1 aromatic heterocycles. The van der Waals surface area contributed by atoms with Crippen molar-refractivity contribution < 1.29 is 0 Å². The van der Waals surface area contributed by atoms with E-state index in [2.05, 4.69) is 59.7 Å². The van der Waals surface area contributed by atoms with Crippen LogP contribution in [0, 0.1) is 0 Å². The Morgan fingerprint density at radius 3 is 1.93 bits per heavy atom. The first-order valence-electron chi connectivity index (χ1n) is 12.7. The molecule has 1 aliphatic heterocycles. The van der Waals surface area contributed by atoms with Gasteiger partial charge in [0.15, 0.2) is 5.96 Å². The number of rotatable bonds is 5. The topological polar surface area (TPSA) is 122 Å². The van der Waals surface area contributed by atoms with Gasteiger partial charge >= 0.3 is 0 Å². The molecular weight excluding hydrogens is 616 g/mol. The highest BCUT2D eigenvalue weighted by molar-refractivity contribution is 5.86. The maximum atomic E-state index is 5.65. The van der Waals surface area contributed by atoms with Crippen molar-refractivity contribution in [3.8, 4) is 0 Å². The first kappa shape index (κ1) is 40.6. The summed E-state index contributed by atoms with van der Waals surface area (Å²) >= 11 is 0. The number of halogens is 5. The molecule has 40 heavy (non-hydrogen) atoms. The minimum absolute atomic E-state index is 0. The molecule has 0 unspecified atom stereocenters. The first-order valence-corrected chi connectivity index (χ1v) is 12.7. The Labute approximate surface area is 268 Å². The van der Waals surface area contributed by atoms with Gasteiger partial charge in [0, 0.05) is 32.7 Å². The minimum atomic E-state index is 0. The maximum absolute atomic E-state index is 5.65. The van der Waals surface area contributed by atoms with E-state index in [4.69, 9.17) is 11.5 Å². The van der Waals surface area contributed by atoms with Gasteiger partial charge in [-0.2, -0.15) is 4.99 Å². The Hall–Kier alpha value is -1.53. The van der Waals surface area contributed by atoms with Crippen LogP contribution in [-0.4, -0.2) is 72.8 Å². The van der Waals surface area contributed by atoms with Crippen molar-refractivity contribution in [2.75, 3.05) is 52.4 Å². The van der Waals surface area contributed by atoms with E-state index in [-0.39, 0.29) is 68.0 Å². The summed E-state index contributed by atoms with van der Waals surface area (Å²) in [7, 11) is 0. The van der Waals surface area contributed by atoms with E-state index in [0.29, 0.717) is 12.5 Å². The van der Waals surface area contributed by atoms with Crippen molar-refractivity contribution in [3.05, 3.63) is 59.7 Å². The van der Waals surface area contributed by atoms with Gasteiger partial charge in [-0.15, -0.1) is 62.0 Å². The first-order chi connectivity index (χ1) is 17.2. The minimum Gasteiger partial charge on any atom is -0.370 e. The number of fused-ring (bicyclic) bond motifs is 1. The molecule has 0 saturated carbocycles. The van der Waals surface area contributed by atoms with E-state index in [1.54, 1.807) is 0 Å². The van der Waals surface area contributed by atoms with Crippen molar-refractivity contribution in [1.29, 1.82) is 0 Å². The lowest BCUT2D eigenvalue weighted by Gasteiger charge is -2.23. The highest BCUT2D eigenvalue weighted by atomic mass is 35.5. The van der Waals surface area contributed by atoms with Gasteiger partial charge in [0.2, 0.25) is 5.95 Å². The second-order valence-corrected chi connectivity index (χ2v) is 9.07. The highest BCUT2D eigenvalue weighted by Crippen LogP contribution is 2.23. The van der Waals surface area contributed by atoms with Crippen LogP contribution >= 0.6 is 62.0 Å². The summed E-state index contributed by atoms with van der Waals surface area (Å²) < 4.78 is 2.05. The summed E-state index contributed by atoms with van der Waals surface area (Å²) in [5.41, 5.74) is 15.7. The largest absolute Gasteiger partial charge is 0.370 e. The van der Waals surface area contributed by atoms with Gasteiger partial charge in [0.1, 0.15) is 0 Å². The number of nitrogens with two attached hydrogens (primary N) is 2. The Balaban J connectivity index is 0. The Morgan fingerprint density at radius 2 is 1.27 bits per heavy atom. The van der Waals surface area contributed by atoms with Gasteiger partial charge in [-0.1, -0.05) is 36.4 Å². The molecule has 7 N–H and O–H groups in total. The fourth-order valence-corrected chi connectivity index (χ4v) is 4.44. The van der Waals surface area contributed by atoms with Gasteiger partial charge in [0.05, 0.1) is 17.6 Å². The summed E-state index contributed by atoms with van der Waals surface area (Å²) in [5, 5.41) is 10.6. The van der Waals surface area contributed by atoms with Gasteiger partial charge in [-0.25, -0.2) is 4.98 Å². The molecular formula is C26H44Cl5N9. The second-order valence-electron chi connectivity index (χ2n) is 9.07. The number of aromatic nitrogens is 2. The molecule has 228 valence electrons. The van der Waals surface area contributed by atoms with E-state index >= 15 is 0 Å². The Morgan fingerprint density at radius 1 is 0.700 bits per heavy atom. The highest BCUT2D eigenvalue weighted by Gasteiger charge is 2.11. The molecule has 2 aromatic carbocycles. The van der Waals surface area contributed by atoms with Crippen LogP contribution in [0.2, 0.25) is 0 Å². The molecule has 3 aromatic rings. The average Bonchev–Trinajstić information content (AvgIpc) is 3.18. The average molecular weight is 660 g/mol. The van der Waals surface area contributed by atoms with E-state index in [0.717, 1.165) is 76.4 Å². The predicted molar refractivity (Wildman–Crippen MR) is 180 cm³/mol. The third-order valence-electron chi connectivity index (χ3n) is 6.25. The summed E-state index contributed by atoms with van der Waals surface area (Å²) in [6.45, 7) is 10.0. The summed E-state index contributed by atoms with van der Waals surface area (Å²) in [4.78, 5) is 11.4. The molecule has 0 spiro atoms. The standard InChI is InChI=1S/C26H39N9.5ClH/c27-25(28)33-26-32-23-5-1-2-6-24(23)35(26)20-22-9-7-21(8-10-22)19-34-17-4-13-30-15-14-29-11-3-12-31-16-18-34;;;;;/h1-2,5-10,29-31H,3-4,11-20H2,(H4,27,28,32,33);5*1H. The quantitative estimate of drug-likeness (QED) is 0.210. The predicted octanol–water partition coefficient (Wildman–Crippen LogP) is 3.46. The molecule has 1 fully saturated rings. The number of guanidine groups is 1. The molecule has 0 atom stereocenters. The zero-order valence-electron chi connectivity index (χ0n) is 22.6. The fourth-order valence-electron chi connectivity index (χ4n) is 4.44. The van der Waals surface area contributed by atoms with Crippen LogP contribution in [0.1, 0.15) is 24.0 Å². The molecule has 2 heterocycles. The molecule has 0 bridgehead atoms. The molecule has 14 heteroatoms. The van der Waals surface area contributed by atoms with E-state index in [1.807, 2.05) is 24.3 Å². The summed E-state index contributed by atoms with van der Waals surface area (Å²) in [5.74, 6) is 0.536. The SMILES string of the molecule is Cl.Cl.Cl.Cl.Cl.NC(N)=Nc1nc2ccccc2n1Cc1ccc(CN2CCCNCCNCCCNCC2)cc1. The smallest absolute Gasteiger partial charge is 0.234 e. The van der Waals surface area contributed by atoms with E-state index < -0.39 is 0 Å². The number of hydrogen-bond acceptors (Lipinski definition) is 6. The van der Waals surface area contributed by atoms with Gasteiger partial charge < -0.3 is 32.0 Å². The monoisotopic (exact) mass is 657 g/mol. The number of aliphatic imine (C=N–C) groups is 1. The number of nitrogens with one attached hydrogen (secondary N) is 3. The molecule has 1 aliphatic rings. The van der Waals surface area contributed by atoms with Crippen LogP contribution in [0.15, 0.2) is 53.5 Å². The Bertz CT molecular complexity index is 1080. The van der Waals surface area contributed by atoms with E-state index in [1.165, 1.54) is 17.5 Å². The van der Waals surface area contributed by atoms with Crippen LogP contribution in [0.3, 0.4) is 0 Å². The van der Waals surface area contributed by atoms with Crippen molar-refractivity contribution in [1.82, 2.24) is 30.4 Å². The van der Waals surface area contributed by atoms with Crippen molar-refractivity contribution in [3.63, 3.8) is 0 Å². The number of hydrogen-bond donors (Lipinski definition) is 5. The third-order valence-corrected chi connectivity index (χ3v) is 6.25. The lowest BCUT2D eigenvalue weighted by atomic mass is 10.1. The maximum Gasteiger partial charge on any atom is 0.234 e. The zero-order chi connectivity index (χ0) is 24.3. The third kappa shape index (κ3) is 13.0. The van der Waals surface area contributed by atoms with Gasteiger partial charge in [-0.05, 0) is 62.3 Å². The van der Waals surface area contributed by atoms with Crippen molar-refractivity contribution >= 4 is 85.0 Å². The summed E-state index contributed by atoms with van der Waals surface area (Å²) in [6, 6.07) is 16.8. The van der Waals surface area contributed by atoms with Gasteiger partial charge in [-0.3, -0.25) is 4.90 Å². The molecule has 9 nitrogen and oxygen atoms in total. The summed E-state index contributed by atoms with van der Waals surface area (Å²) in [6.07, 6.45) is 2.32. The van der Waals surface area contributed by atoms with Gasteiger partial charge in [0.25, 0.3) is 0 Å². The molecule has 0 radical (unpaired) electrons. The molecule has 4 rings (SSSR count). The van der Waals surface area contributed by atoms with Crippen molar-refractivity contribution in [2.45, 2.75) is 25.9 Å². The molecule has 0 aliphatic carbocycles. The molecule has 1 saturated heterocycles. The number of benzene rings is 2. The normalized spacial score (nSPS) is 15.0. The number of nitrogens with zero attached hydrogens (tertiary/aromatic N) is 4. The van der Waals surface area contributed by atoms with E-state index in [9.17, 15) is 0 Å². The Kier molecular flexibility index (Phi) is 22.5.